The van der Waals surface area contributed by atoms with E-state index in [2.05, 4.69) is 22.8 Å². The van der Waals surface area contributed by atoms with Crippen molar-refractivity contribution in [2.75, 3.05) is 0 Å². The van der Waals surface area contributed by atoms with Gasteiger partial charge in [0.1, 0.15) is 0 Å². The minimum absolute atomic E-state index is 0.00604. The van der Waals surface area contributed by atoms with E-state index in [1.807, 2.05) is 84.9 Å². The molecule has 0 radical (unpaired) electrons. The molecule has 0 saturated heterocycles. The van der Waals surface area contributed by atoms with Gasteiger partial charge in [-0.05, 0) is 41.0 Å². The molecule has 5 aromatic rings. The Morgan fingerprint density at radius 3 is 2.00 bits per heavy atom. The van der Waals surface area contributed by atoms with Gasteiger partial charge in [-0.3, -0.25) is 4.79 Å². The molecule has 152 valence electrons. The van der Waals surface area contributed by atoms with Crippen LogP contribution in [0.25, 0.3) is 33.3 Å². The van der Waals surface area contributed by atoms with Crippen LogP contribution in [0.1, 0.15) is 11.1 Å². The standard InChI is InChI=1S/C29H20N2O/c30-19-21-15-17-23(18-16-21)27-28(24-11-5-2-6-12-24)31(20-22-9-3-1-4-10-22)26-14-8-7-13-25(26)29(27)32/h1-18H,20H2. The summed E-state index contributed by atoms with van der Waals surface area (Å²) in [6.07, 6.45) is 0. The SMILES string of the molecule is N#Cc1ccc(-c2c(-c3ccccc3)n(Cc3ccccc3)c3ccccc3c2=O)cc1. The van der Waals surface area contributed by atoms with Crippen LogP contribution >= 0.6 is 0 Å². The van der Waals surface area contributed by atoms with Gasteiger partial charge in [0.25, 0.3) is 0 Å². The predicted molar refractivity (Wildman–Crippen MR) is 129 cm³/mol. The second kappa shape index (κ2) is 8.37. The molecular weight excluding hydrogens is 392 g/mol. The van der Waals surface area contributed by atoms with Crippen molar-refractivity contribution in [1.82, 2.24) is 4.57 Å². The number of pyridine rings is 1. The molecule has 0 saturated carbocycles. The normalized spacial score (nSPS) is 10.7. The fourth-order valence-corrected chi connectivity index (χ4v) is 4.20. The summed E-state index contributed by atoms with van der Waals surface area (Å²) in [5, 5.41) is 9.90. The van der Waals surface area contributed by atoms with E-state index in [0.29, 0.717) is 23.1 Å². The third kappa shape index (κ3) is 3.49. The van der Waals surface area contributed by atoms with Crippen LogP contribution in [0.15, 0.2) is 114 Å². The Labute approximate surface area is 186 Å². The molecule has 1 heterocycles. The molecule has 0 aliphatic carbocycles. The summed E-state index contributed by atoms with van der Waals surface area (Å²) in [4.78, 5) is 13.8. The van der Waals surface area contributed by atoms with E-state index in [1.165, 1.54) is 0 Å². The first kappa shape index (κ1) is 19.5. The Kier molecular flexibility index (Phi) is 5.11. The highest BCUT2D eigenvalue weighted by Crippen LogP contribution is 2.33. The first-order chi connectivity index (χ1) is 15.8. The first-order valence-electron chi connectivity index (χ1n) is 10.5. The number of fused-ring (bicyclic) bond motifs is 1. The van der Waals surface area contributed by atoms with Gasteiger partial charge < -0.3 is 4.57 Å². The molecule has 0 bridgehead atoms. The fraction of sp³-hybridized carbons (Fsp3) is 0.0345. The minimum Gasteiger partial charge on any atom is -0.335 e. The lowest BCUT2D eigenvalue weighted by atomic mass is 9.95. The van der Waals surface area contributed by atoms with E-state index >= 15 is 0 Å². The van der Waals surface area contributed by atoms with Crippen LogP contribution in [0.4, 0.5) is 0 Å². The van der Waals surface area contributed by atoms with Crippen molar-refractivity contribution >= 4 is 10.9 Å². The number of hydrogen-bond donors (Lipinski definition) is 0. The van der Waals surface area contributed by atoms with Gasteiger partial charge >= 0.3 is 0 Å². The topological polar surface area (TPSA) is 45.8 Å². The fourth-order valence-electron chi connectivity index (χ4n) is 4.20. The van der Waals surface area contributed by atoms with Crippen LogP contribution in [-0.4, -0.2) is 4.57 Å². The summed E-state index contributed by atoms with van der Waals surface area (Å²) >= 11 is 0. The van der Waals surface area contributed by atoms with Crippen molar-refractivity contribution < 1.29 is 0 Å². The van der Waals surface area contributed by atoms with Crippen LogP contribution in [0, 0.1) is 11.3 Å². The van der Waals surface area contributed by atoms with E-state index in [0.717, 1.165) is 27.9 Å². The largest absolute Gasteiger partial charge is 0.335 e. The second-order valence-electron chi connectivity index (χ2n) is 7.70. The van der Waals surface area contributed by atoms with E-state index in [-0.39, 0.29) is 5.43 Å². The van der Waals surface area contributed by atoms with E-state index in [4.69, 9.17) is 0 Å². The third-order valence-corrected chi connectivity index (χ3v) is 5.71. The maximum absolute atomic E-state index is 13.8. The summed E-state index contributed by atoms with van der Waals surface area (Å²) in [6, 6.07) is 37.5. The summed E-state index contributed by atoms with van der Waals surface area (Å²) in [5.74, 6) is 0. The Bertz CT molecular complexity index is 1490. The number of hydrogen-bond acceptors (Lipinski definition) is 2. The maximum Gasteiger partial charge on any atom is 0.197 e. The Balaban J connectivity index is 1.90. The number of benzene rings is 4. The number of rotatable bonds is 4. The first-order valence-corrected chi connectivity index (χ1v) is 10.5. The highest BCUT2D eigenvalue weighted by molar-refractivity contribution is 5.92. The average Bonchev–Trinajstić information content (AvgIpc) is 2.87. The average molecular weight is 412 g/mol. The predicted octanol–water partition coefficient (Wildman–Crippen LogP) is 6.26. The van der Waals surface area contributed by atoms with Crippen LogP contribution in [0.2, 0.25) is 0 Å². The van der Waals surface area contributed by atoms with Gasteiger partial charge in [-0.1, -0.05) is 84.9 Å². The van der Waals surface area contributed by atoms with Crippen molar-refractivity contribution in [3.05, 3.63) is 131 Å². The number of nitriles is 1. The third-order valence-electron chi connectivity index (χ3n) is 5.71. The van der Waals surface area contributed by atoms with E-state index in [9.17, 15) is 10.1 Å². The zero-order valence-electron chi connectivity index (χ0n) is 17.4. The van der Waals surface area contributed by atoms with Gasteiger partial charge in [-0.15, -0.1) is 0 Å². The summed E-state index contributed by atoms with van der Waals surface area (Å²) in [7, 11) is 0. The lowest BCUT2D eigenvalue weighted by Gasteiger charge is -2.21. The molecule has 0 aliphatic rings. The lowest BCUT2D eigenvalue weighted by molar-refractivity contribution is 0.836. The highest BCUT2D eigenvalue weighted by Gasteiger charge is 2.20. The highest BCUT2D eigenvalue weighted by atomic mass is 16.1. The Hall–Kier alpha value is -4.42. The van der Waals surface area contributed by atoms with Gasteiger partial charge in [0, 0.05) is 11.9 Å². The molecular formula is C29H20N2O. The number of nitrogens with zero attached hydrogens (tertiary/aromatic N) is 2. The summed E-state index contributed by atoms with van der Waals surface area (Å²) < 4.78 is 2.23. The summed E-state index contributed by atoms with van der Waals surface area (Å²) in [6.45, 7) is 0.634. The molecule has 0 N–H and O–H groups in total. The summed E-state index contributed by atoms with van der Waals surface area (Å²) in [5.41, 5.74) is 5.93. The number of aromatic nitrogens is 1. The van der Waals surface area contributed by atoms with Gasteiger partial charge in [-0.2, -0.15) is 5.26 Å². The second-order valence-corrected chi connectivity index (χ2v) is 7.70. The minimum atomic E-state index is -0.00604. The lowest BCUT2D eigenvalue weighted by Crippen LogP contribution is -2.16. The molecule has 4 aromatic carbocycles. The molecule has 0 fully saturated rings. The van der Waals surface area contributed by atoms with Gasteiger partial charge in [0.05, 0.1) is 28.4 Å². The zero-order valence-corrected chi connectivity index (χ0v) is 17.4. The molecule has 5 rings (SSSR count). The van der Waals surface area contributed by atoms with Gasteiger partial charge in [0.15, 0.2) is 5.43 Å². The van der Waals surface area contributed by atoms with Crippen LogP contribution in [0.3, 0.4) is 0 Å². The molecule has 0 atom stereocenters. The molecule has 32 heavy (non-hydrogen) atoms. The smallest absolute Gasteiger partial charge is 0.197 e. The Morgan fingerprint density at radius 1 is 0.688 bits per heavy atom. The molecule has 0 unspecified atom stereocenters. The van der Waals surface area contributed by atoms with E-state index in [1.54, 1.807) is 12.1 Å². The van der Waals surface area contributed by atoms with Crippen LogP contribution < -0.4 is 5.43 Å². The molecule has 0 aliphatic heterocycles. The van der Waals surface area contributed by atoms with Gasteiger partial charge in [-0.25, -0.2) is 0 Å². The van der Waals surface area contributed by atoms with Gasteiger partial charge in [0.2, 0.25) is 0 Å². The quantitative estimate of drug-likeness (QED) is 0.350. The monoisotopic (exact) mass is 412 g/mol. The molecule has 3 heteroatoms. The number of para-hydroxylation sites is 1. The van der Waals surface area contributed by atoms with Crippen molar-refractivity contribution in [3.63, 3.8) is 0 Å². The molecule has 1 aromatic heterocycles. The van der Waals surface area contributed by atoms with Crippen molar-refractivity contribution in [3.8, 4) is 28.5 Å². The molecule has 0 spiro atoms. The van der Waals surface area contributed by atoms with Crippen molar-refractivity contribution in [2.24, 2.45) is 0 Å². The van der Waals surface area contributed by atoms with Crippen LogP contribution in [0.5, 0.6) is 0 Å². The maximum atomic E-state index is 13.8. The molecule has 3 nitrogen and oxygen atoms in total. The van der Waals surface area contributed by atoms with Crippen LogP contribution in [-0.2, 0) is 6.54 Å². The van der Waals surface area contributed by atoms with Crippen molar-refractivity contribution in [2.45, 2.75) is 6.54 Å². The zero-order chi connectivity index (χ0) is 21.9. The van der Waals surface area contributed by atoms with E-state index < -0.39 is 0 Å². The van der Waals surface area contributed by atoms with Crippen molar-refractivity contribution in [1.29, 1.82) is 5.26 Å². The Morgan fingerprint density at radius 2 is 1.31 bits per heavy atom. The molecule has 0 amide bonds.